The summed E-state index contributed by atoms with van der Waals surface area (Å²) < 4.78 is 53.3. The van der Waals surface area contributed by atoms with Gasteiger partial charge in [0.15, 0.2) is 0 Å². The molecule has 1 spiro atoms. The molecule has 0 radical (unpaired) electrons. The molecule has 1 aromatic heterocycles. The topological polar surface area (TPSA) is 78.9 Å². The molecule has 3 atom stereocenters. The number of ether oxygens (including phenoxy) is 1. The fourth-order valence-electron chi connectivity index (χ4n) is 7.15. The lowest BCUT2D eigenvalue weighted by molar-refractivity contribution is -0.138. The van der Waals surface area contributed by atoms with Crippen molar-refractivity contribution in [1.29, 1.82) is 0 Å². The first-order valence-electron chi connectivity index (χ1n) is 15.7. The second-order valence-electron chi connectivity index (χ2n) is 14.1. The van der Waals surface area contributed by atoms with E-state index >= 15 is 0 Å². The quantitative estimate of drug-likeness (QED) is 0.282. The molecule has 3 aromatic rings. The number of aromatic nitrogens is 2. The number of carbonyl (C=O) groups is 2. The summed E-state index contributed by atoms with van der Waals surface area (Å²) in [5, 5.41) is 4.25. The van der Waals surface area contributed by atoms with Crippen molar-refractivity contribution < 1.29 is 27.5 Å². The van der Waals surface area contributed by atoms with Crippen LogP contribution in [0.15, 0.2) is 36.4 Å². The molecule has 6 rings (SSSR count). The predicted octanol–water partition coefficient (Wildman–Crippen LogP) is 7.57. The van der Waals surface area contributed by atoms with Crippen molar-refractivity contribution in [2.45, 2.75) is 84.7 Å². The highest BCUT2D eigenvalue weighted by atomic mass is 32.1. The normalized spacial score (nSPS) is 21.7. The highest BCUT2D eigenvalue weighted by Gasteiger charge is 2.47. The largest absolute Gasteiger partial charge is 0.444 e. The van der Waals surface area contributed by atoms with Crippen molar-refractivity contribution in [3.8, 4) is 0 Å². The summed E-state index contributed by atoms with van der Waals surface area (Å²) in [6.45, 7) is 13.7. The number of anilines is 1. The SMILES string of the molecule is Cc1snnc1[C@H](C)c1cccc(N2Cc3c(cc([C@@H](C)N4CC[C@]5(CCN(C(=O)OC(C)(C)C)C5)C4)cc3C(F)(F)F)C2=O)c1. The molecule has 2 saturated heterocycles. The summed E-state index contributed by atoms with van der Waals surface area (Å²) in [4.78, 5) is 32.9. The van der Waals surface area contributed by atoms with E-state index in [1.54, 1.807) is 17.0 Å². The highest BCUT2D eigenvalue weighted by Crippen LogP contribution is 2.45. The maximum absolute atomic E-state index is 14.6. The number of hydrogen-bond donors (Lipinski definition) is 0. The number of rotatable bonds is 5. The third kappa shape index (κ3) is 6.13. The lowest BCUT2D eigenvalue weighted by Crippen LogP contribution is -2.38. The maximum atomic E-state index is 14.6. The Labute approximate surface area is 271 Å². The van der Waals surface area contributed by atoms with Crippen molar-refractivity contribution in [3.63, 3.8) is 0 Å². The van der Waals surface area contributed by atoms with Crippen molar-refractivity contribution in [1.82, 2.24) is 19.4 Å². The Morgan fingerprint density at radius 2 is 1.78 bits per heavy atom. The number of amides is 2. The monoisotopic (exact) mass is 655 g/mol. The number of carbonyl (C=O) groups excluding carboxylic acids is 2. The third-order valence-corrected chi connectivity index (χ3v) is 10.4. The smallest absolute Gasteiger partial charge is 0.416 e. The van der Waals surface area contributed by atoms with Gasteiger partial charge in [0.1, 0.15) is 5.60 Å². The van der Waals surface area contributed by atoms with Gasteiger partial charge in [0, 0.05) is 53.1 Å². The van der Waals surface area contributed by atoms with Crippen molar-refractivity contribution >= 4 is 29.2 Å². The molecule has 12 heteroatoms. The number of hydrogen-bond acceptors (Lipinski definition) is 7. The Bertz CT molecular complexity index is 1670. The second-order valence-corrected chi connectivity index (χ2v) is 15.0. The average molecular weight is 656 g/mol. The Balaban J connectivity index is 1.23. The molecule has 0 saturated carbocycles. The molecule has 2 aromatic carbocycles. The van der Waals surface area contributed by atoms with Gasteiger partial charge in [-0.25, -0.2) is 4.79 Å². The molecule has 3 aliphatic rings. The fourth-order valence-corrected chi connectivity index (χ4v) is 7.71. The van der Waals surface area contributed by atoms with Crippen LogP contribution in [0.2, 0.25) is 0 Å². The number of benzene rings is 2. The minimum atomic E-state index is -4.62. The van der Waals surface area contributed by atoms with E-state index in [9.17, 15) is 22.8 Å². The lowest BCUT2D eigenvalue weighted by Gasteiger charge is -2.29. The van der Waals surface area contributed by atoms with E-state index in [2.05, 4.69) is 14.5 Å². The van der Waals surface area contributed by atoms with Gasteiger partial charge in [0.25, 0.3) is 5.91 Å². The second kappa shape index (κ2) is 11.6. The minimum absolute atomic E-state index is 0.00753. The first-order valence-corrected chi connectivity index (χ1v) is 16.5. The molecule has 2 fully saturated rings. The molecule has 246 valence electrons. The Kier molecular flexibility index (Phi) is 8.20. The van der Waals surface area contributed by atoms with Crippen LogP contribution in [-0.2, 0) is 17.5 Å². The Morgan fingerprint density at radius 3 is 2.46 bits per heavy atom. The Hall–Kier alpha value is -3.51. The van der Waals surface area contributed by atoms with Crippen LogP contribution in [0.25, 0.3) is 0 Å². The summed E-state index contributed by atoms with van der Waals surface area (Å²) in [5.41, 5.74) is 1.39. The van der Waals surface area contributed by atoms with Crippen LogP contribution in [0.4, 0.5) is 23.7 Å². The molecule has 46 heavy (non-hydrogen) atoms. The summed E-state index contributed by atoms with van der Waals surface area (Å²) in [6.07, 6.45) is -3.29. The van der Waals surface area contributed by atoms with Crippen LogP contribution in [0.1, 0.15) is 103 Å². The van der Waals surface area contributed by atoms with Gasteiger partial charge in [-0.05, 0) is 106 Å². The zero-order valence-electron chi connectivity index (χ0n) is 27.1. The van der Waals surface area contributed by atoms with E-state index in [-0.39, 0.29) is 41.1 Å². The molecule has 0 N–H and O–H groups in total. The van der Waals surface area contributed by atoms with E-state index in [4.69, 9.17) is 4.74 Å². The summed E-state index contributed by atoms with van der Waals surface area (Å²) in [6, 6.07) is 9.90. The van der Waals surface area contributed by atoms with Crippen molar-refractivity contribution in [3.05, 3.63) is 74.8 Å². The van der Waals surface area contributed by atoms with E-state index in [0.29, 0.717) is 37.4 Å². The molecular weight excluding hydrogens is 615 g/mol. The number of halogens is 3. The molecular formula is C34H40F3N5O3S. The standard InChI is InChI=1S/C34H40F3N5O3S/c1-20(29-22(3)46-39-38-29)23-8-7-9-25(14-23)42-17-27-26(30(42)43)15-24(16-28(27)34(35,36)37)21(2)40-12-10-33(18-40)11-13-41(19-33)31(44)45-32(4,5)6/h7-9,14-16,20-21H,10-13,17-19H2,1-6H3/t20-,21-,33+/m1/s1. The van der Waals surface area contributed by atoms with E-state index < -0.39 is 23.2 Å². The first kappa shape index (κ1) is 32.4. The van der Waals surface area contributed by atoms with Gasteiger partial charge in [0.2, 0.25) is 0 Å². The van der Waals surface area contributed by atoms with Crippen LogP contribution in [0.3, 0.4) is 0 Å². The Morgan fingerprint density at radius 1 is 1.04 bits per heavy atom. The molecule has 0 bridgehead atoms. The van der Waals surface area contributed by atoms with Gasteiger partial charge >= 0.3 is 12.3 Å². The average Bonchev–Trinajstić information content (AvgIpc) is 3.78. The summed E-state index contributed by atoms with van der Waals surface area (Å²) >= 11 is 1.32. The van der Waals surface area contributed by atoms with Gasteiger partial charge in [-0.15, -0.1) is 5.10 Å². The van der Waals surface area contributed by atoms with Gasteiger partial charge in [-0.2, -0.15) is 13.2 Å². The van der Waals surface area contributed by atoms with Crippen molar-refractivity contribution in [2.24, 2.45) is 5.41 Å². The van der Waals surface area contributed by atoms with Gasteiger partial charge < -0.3 is 14.5 Å². The van der Waals surface area contributed by atoms with E-state index in [0.717, 1.165) is 29.0 Å². The number of aryl methyl sites for hydroxylation is 1. The molecule has 2 amide bonds. The number of likely N-dealkylation sites (tertiary alicyclic amines) is 2. The van der Waals surface area contributed by atoms with Crippen molar-refractivity contribution in [2.75, 3.05) is 31.1 Å². The van der Waals surface area contributed by atoms with E-state index in [1.807, 2.05) is 59.7 Å². The number of alkyl halides is 3. The first-order chi connectivity index (χ1) is 21.6. The van der Waals surface area contributed by atoms with Crippen LogP contribution in [-0.4, -0.2) is 63.2 Å². The van der Waals surface area contributed by atoms with Crippen LogP contribution in [0.5, 0.6) is 0 Å². The van der Waals surface area contributed by atoms with Crippen LogP contribution < -0.4 is 4.90 Å². The number of fused-ring (bicyclic) bond motifs is 1. The minimum Gasteiger partial charge on any atom is -0.444 e. The zero-order valence-corrected chi connectivity index (χ0v) is 27.9. The highest BCUT2D eigenvalue weighted by molar-refractivity contribution is 7.05. The summed E-state index contributed by atoms with van der Waals surface area (Å²) in [5.74, 6) is -0.524. The molecule has 0 unspecified atom stereocenters. The summed E-state index contributed by atoms with van der Waals surface area (Å²) in [7, 11) is 0. The van der Waals surface area contributed by atoms with Crippen LogP contribution in [0, 0.1) is 12.3 Å². The zero-order chi connectivity index (χ0) is 33.2. The van der Waals surface area contributed by atoms with Gasteiger partial charge in [-0.3, -0.25) is 9.69 Å². The van der Waals surface area contributed by atoms with Gasteiger partial charge in [-0.1, -0.05) is 23.5 Å². The maximum Gasteiger partial charge on any atom is 0.416 e. The third-order valence-electron chi connectivity index (χ3n) is 9.74. The van der Waals surface area contributed by atoms with Crippen LogP contribution >= 0.6 is 11.5 Å². The molecule has 4 heterocycles. The van der Waals surface area contributed by atoms with E-state index in [1.165, 1.54) is 22.5 Å². The predicted molar refractivity (Wildman–Crippen MR) is 170 cm³/mol. The molecule has 0 aliphatic carbocycles. The van der Waals surface area contributed by atoms with Gasteiger partial charge in [0.05, 0.1) is 17.8 Å². The molecule has 8 nitrogen and oxygen atoms in total. The fraction of sp³-hybridized carbons (Fsp3) is 0.529. The molecule has 3 aliphatic heterocycles. The number of nitrogens with zero attached hydrogens (tertiary/aromatic N) is 5. The lowest BCUT2D eigenvalue weighted by atomic mass is 9.86.